The largest absolute Gasteiger partial charge is 0.379 e. The first-order chi connectivity index (χ1) is 24.1. The fourth-order valence-electron chi connectivity index (χ4n) is 6.62. The number of anilines is 1. The minimum absolute atomic E-state index is 0.161. The molecule has 0 radical (unpaired) electrons. The number of morpholine rings is 1. The van der Waals surface area contributed by atoms with E-state index in [-0.39, 0.29) is 29.0 Å². The summed E-state index contributed by atoms with van der Waals surface area (Å²) in [5, 5.41) is 12.2. The Bertz CT molecular complexity index is 1980. The topological polar surface area (TPSA) is 192 Å². The molecule has 0 spiro atoms. The third kappa shape index (κ3) is 8.21. The summed E-state index contributed by atoms with van der Waals surface area (Å²) >= 11 is 0. The maximum Gasteiger partial charge on any atom is 0.340 e. The van der Waals surface area contributed by atoms with Crippen LogP contribution in [0.5, 0.6) is 0 Å². The third-order valence-electron chi connectivity index (χ3n) is 9.61. The fourth-order valence-corrected chi connectivity index (χ4v) is 8.05. The van der Waals surface area contributed by atoms with Crippen molar-refractivity contribution in [3.63, 3.8) is 0 Å². The molecule has 6 N–H and O–H groups in total. The van der Waals surface area contributed by atoms with Gasteiger partial charge in [0.2, 0.25) is 21.8 Å². The molecule has 1 aliphatic carbocycles. The van der Waals surface area contributed by atoms with E-state index in [4.69, 9.17) is 10.5 Å². The van der Waals surface area contributed by atoms with Crippen molar-refractivity contribution in [2.45, 2.75) is 50.0 Å². The van der Waals surface area contributed by atoms with Crippen molar-refractivity contribution in [1.82, 2.24) is 24.8 Å². The molecule has 1 saturated heterocycles. The molecule has 0 unspecified atom stereocenters. The molecule has 1 saturated carbocycles. The molecule has 0 bridgehead atoms. The molecule has 2 aliphatic rings. The number of aromatic nitrogens is 3. The van der Waals surface area contributed by atoms with E-state index in [9.17, 15) is 22.8 Å². The van der Waals surface area contributed by atoms with Crippen LogP contribution in [0.25, 0.3) is 22.5 Å². The molecule has 264 valence electrons. The molecule has 2 amide bonds. The highest BCUT2D eigenvalue weighted by atomic mass is 32.2. The van der Waals surface area contributed by atoms with Crippen molar-refractivity contribution in [2.24, 2.45) is 17.6 Å². The van der Waals surface area contributed by atoms with Gasteiger partial charge >= 0.3 is 5.69 Å². The Kier molecular flexibility index (Phi) is 10.9. The highest BCUT2D eigenvalue weighted by molar-refractivity contribution is 7.89. The van der Waals surface area contributed by atoms with Crippen molar-refractivity contribution in [3.8, 4) is 22.5 Å². The molecule has 2 heterocycles. The van der Waals surface area contributed by atoms with E-state index < -0.39 is 21.8 Å². The lowest BCUT2D eigenvalue weighted by Crippen LogP contribution is -2.48. The van der Waals surface area contributed by atoms with Gasteiger partial charge in [-0.05, 0) is 104 Å². The Morgan fingerprint density at radius 3 is 2.42 bits per heavy atom. The Hall–Kier alpha value is -4.63. The number of aryl methyl sites for hydroxylation is 1. The summed E-state index contributed by atoms with van der Waals surface area (Å²) in [4.78, 5) is 41.6. The maximum absolute atomic E-state index is 13.8. The van der Waals surface area contributed by atoms with E-state index in [1.807, 2.05) is 31.2 Å². The molecule has 50 heavy (non-hydrogen) atoms. The number of H-pyrrole nitrogens is 2. The van der Waals surface area contributed by atoms with E-state index in [2.05, 4.69) is 25.8 Å². The number of benzene rings is 3. The van der Waals surface area contributed by atoms with Crippen LogP contribution in [-0.4, -0.2) is 78.6 Å². The minimum Gasteiger partial charge on any atom is -0.379 e. The summed E-state index contributed by atoms with van der Waals surface area (Å²) in [7, 11) is -3.70. The van der Waals surface area contributed by atoms with Crippen molar-refractivity contribution >= 4 is 27.5 Å². The van der Waals surface area contributed by atoms with Gasteiger partial charge in [0.15, 0.2) is 5.82 Å². The van der Waals surface area contributed by atoms with E-state index >= 15 is 0 Å². The summed E-state index contributed by atoms with van der Waals surface area (Å²) in [6, 6.07) is 18.7. The second-order valence-corrected chi connectivity index (χ2v) is 14.9. The lowest BCUT2D eigenvalue weighted by Gasteiger charge is -2.28. The van der Waals surface area contributed by atoms with Crippen LogP contribution in [0.2, 0.25) is 0 Å². The maximum atomic E-state index is 13.8. The summed E-state index contributed by atoms with van der Waals surface area (Å²) in [5.74, 6) is 0.0470. The van der Waals surface area contributed by atoms with E-state index in [0.29, 0.717) is 55.8 Å². The van der Waals surface area contributed by atoms with Gasteiger partial charge in [-0.3, -0.25) is 14.6 Å². The number of nitrogens with zero attached hydrogens (tertiary/aromatic N) is 2. The number of hydrogen-bond acceptors (Lipinski definition) is 8. The number of hydrogen-bond donors (Lipinski definition) is 5. The van der Waals surface area contributed by atoms with Crippen LogP contribution in [0, 0.1) is 18.8 Å². The van der Waals surface area contributed by atoms with Crippen molar-refractivity contribution in [3.05, 3.63) is 88.3 Å². The predicted molar refractivity (Wildman–Crippen MR) is 190 cm³/mol. The van der Waals surface area contributed by atoms with Gasteiger partial charge < -0.3 is 21.1 Å². The van der Waals surface area contributed by atoms with Gasteiger partial charge in [-0.15, -0.1) is 0 Å². The Balaban J connectivity index is 1.23. The SMILES string of the molecule is Cc1ccc(S(=O)(=O)N2CCOCC2)cc1-c1cccc(C[C@H](NC(=O)[C@H]2CC[C@H](CN)CC2)C(=O)Nc2ccc(-c3n[nH]c(=O)[nH]3)cc2)c1. The lowest BCUT2D eigenvalue weighted by atomic mass is 9.81. The number of amides is 2. The van der Waals surface area contributed by atoms with Gasteiger partial charge in [-0.25, -0.2) is 18.3 Å². The van der Waals surface area contributed by atoms with Crippen molar-refractivity contribution in [1.29, 1.82) is 0 Å². The number of carbonyl (C=O) groups excluding carboxylic acids is 2. The van der Waals surface area contributed by atoms with Gasteiger partial charge in [0.25, 0.3) is 0 Å². The van der Waals surface area contributed by atoms with Gasteiger partial charge in [0, 0.05) is 36.7 Å². The zero-order valence-corrected chi connectivity index (χ0v) is 28.8. The fraction of sp³-hybridized carbons (Fsp3) is 0.389. The molecule has 2 fully saturated rings. The molecule has 1 atom stereocenters. The normalized spacial score (nSPS) is 19.1. The molecular weight excluding hydrogens is 659 g/mol. The van der Waals surface area contributed by atoms with Crippen LogP contribution in [0.3, 0.4) is 0 Å². The highest BCUT2D eigenvalue weighted by Gasteiger charge is 2.30. The average Bonchev–Trinajstić information content (AvgIpc) is 3.58. The second-order valence-electron chi connectivity index (χ2n) is 13.0. The Labute approximate surface area is 291 Å². The monoisotopic (exact) mass is 701 g/mol. The number of rotatable bonds is 11. The van der Waals surface area contributed by atoms with Gasteiger partial charge in [-0.1, -0.05) is 30.3 Å². The van der Waals surface area contributed by atoms with Gasteiger partial charge in [0.1, 0.15) is 6.04 Å². The van der Waals surface area contributed by atoms with Crippen LogP contribution in [-0.2, 0) is 30.8 Å². The Morgan fingerprint density at radius 2 is 1.74 bits per heavy atom. The number of carbonyl (C=O) groups is 2. The number of ether oxygens (including phenoxy) is 1. The van der Waals surface area contributed by atoms with Crippen LogP contribution in [0.15, 0.2) is 76.4 Å². The van der Waals surface area contributed by atoms with Crippen molar-refractivity contribution in [2.75, 3.05) is 38.2 Å². The summed E-state index contributed by atoms with van der Waals surface area (Å²) < 4.78 is 33.7. The van der Waals surface area contributed by atoms with Crippen LogP contribution < -0.4 is 22.1 Å². The zero-order chi connectivity index (χ0) is 35.3. The minimum atomic E-state index is -3.70. The number of sulfonamides is 1. The van der Waals surface area contributed by atoms with E-state index in [1.54, 1.807) is 42.5 Å². The average molecular weight is 702 g/mol. The highest BCUT2D eigenvalue weighted by Crippen LogP contribution is 2.30. The summed E-state index contributed by atoms with van der Waals surface area (Å²) in [6.07, 6.45) is 3.40. The predicted octanol–water partition coefficient (Wildman–Crippen LogP) is 3.19. The number of aromatic amines is 2. The summed E-state index contributed by atoms with van der Waals surface area (Å²) in [6.45, 7) is 3.86. The smallest absolute Gasteiger partial charge is 0.340 e. The van der Waals surface area contributed by atoms with Gasteiger partial charge in [-0.2, -0.15) is 9.40 Å². The van der Waals surface area contributed by atoms with E-state index in [1.165, 1.54) is 4.31 Å². The number of nitrogens with two attached hydrogens (primary N) is 1. The first-order valence-electron chi connectivity index (χ1n) is 16.9. The van der Waals surface area contributed by atoms with Gasteiger partial charge in [0.05, 0.1) is 18.1 Å². The standard InChI is InChI=1S/C36H43N7O6S/c1-23-5-14-30(50(47,48)43-15-17-49-18-16-43)21-31(23)28-4-2-3-25(19-28)20-32(39-34(44)27-8-6-24(22-37)7-9-27)35(45)38-29-12-10-26(11-13-29)33-40-36(46)42-41-33/h2-5,10-14,19,21,24,27,32H,6-9,15-18,20,22,37H2,1H3,(H,38,45)(H,39,44)(H2,40,41,42,46)/t24-,27-,32-/m0/s1. The first-order valence-corrected chi connectivity index (χ1v) is 18.4. The second kappa shape index (κ2) is 15.5. The van der Waals surface area contributed by atoms with Crippen molar-refractivity contribution < 1.29 is 22.7 Å². The van der Waals surface area contributed by atoms with Crippen LogP contribution in [0.1, 0.15) is 36.8 Å². The van der Waals surface area contributed by atoms with Crippen LogP contribution in [0.4, 0.5) is 5.69 Å². The molecule has 4 aromatic rings. The first kappa shape index (κ1) is 35.2. The zero-order valence-electron chi connectivity index (χ0n) is 28.0. The molecule has 13 nitrogen and oxygen atoms in total. The number of nitrogens with one attached hydrogen (secondary N) is 4. The van der Waals surface area contributed by atoms with E-state index in [0.717, 1.165) is 47.9 Å². The molecule has 1 aliphatic heterocycles. The molecular formula is C36H43N7O6S. The molecule has 1 aromatic heterocycles. The third-order valence-corrected chi connectivity index (χ3v) is 11.5. The quantitative estimate of drug-likeness (QED) is 0.157. The molecule has 14 heteroatoms. The molecule has 3 aromatic carbocycles. The lowest BCUT2D eigenvalue weighted by molar-refractivity contribution is -0.130. The Morgan fingerprint density at radius 1 is 1.00 bits per heavy atom. The summed E-state index contributed by atoms with van der Waals surface area (Å²) in [5.41, 5.74) is 9.89. The van der Waals surface area contributed by atoms with Crippen LogP contribution >= 0.6 is 0 Å². The molecule has 6 rings (SSSR count).